The molecule has 2 aromatic heterocycles. The SMILES string of the molecule is Cc1cn(C)c([C@H]2CN(S(=O)(=O)c3cn[nH]c3)CCO2)n1. The first-order valence-corrected chi connectivity index (χ1v) is 8.03. The first-order valence-electron chi connectivity index (χ1n) is 6.59. The number of aromatic amines is 1. The van der Waals surface area contributed by atoms with Gasteiger partial charge in [0, 0.05) is 32.5 Å². The third-order valence-corrected chi connectivity index (χ3v) is 5.29. The third kappa shape index (κ3) is 2.59. The maximum atomic E-state index is 12.5. The number of imidazole rings is 1. The molecule has 1 N–H and O–H groups in total. The molecule has 0 aliphatic carbocycles. The Labute approximate surface area is 122 Å². The Hall–Kier alpha value is -1.71. The maximum Gasteiger partial charge on any atom is 0.246 e. The van der Waals surface area contributed by atoms with Crippen LogP contribution in [0.15, 0.2) is 23.5 Å². The van der Waals surface area contributed by atoms with E-state index in [-0.39, 0.29) is 17.5 Å². The number of hydrogen-bond acceptors (Lipinski definition) is 5. The van der Waals surface area contributed by atoms with Crippen molar-refractivity contribution in [2.24, 2.45) is 7.05 Å². The van der Waals surface area contributed by atoms with Crippen LogP contribution in [0.25, 0.3) is 0 Å². The Morgan fingerprint density at radius 3 is 2.90 bits per heavy atom. The number of ether oxygens (including phenoxy) is 1. The lowest BCUT2D eigenvalue weighted by molar-refractivity contribution is -0.00893. The summed E-state index contributed by atoms with van der Waals surface area (Å²) in [6.07, 6.45) is 4.22. The van der Waals surface area contributed by atoms with Gasteiger partial charge in [-0.15, -0.1) is 0 Å². The van der Waals surface area contributed by atoms with E-state index in [4.69, 9.17) is 4.74 Å². The van der Waals surface area contributed by atoms with Crippen LogP contribution in [0.4, 0.5) is 0 Å². The molecule has 2 aromatic rings. The van der Waals surface area contributed by atoms with Crippen LogP contribution in [0.2, 0.25) is 0 Å². The predicted octanol–water partition coefficient (Wildman–Crippen LogP) is 0.214. The maximum absolute atomic E-state index is 12.5. The van der Waals surface area contributed by atoms with E-state index in [2.05, 4.69) is 15.2 Å². The highest BCUT2D eigenvalue weighted by Gasteiger charge is 2.33. The van der Waals surface area contributed by atoms with Crippen LogP contribution in [-0.4, -0.2) is 52.2 Å². The van der Waals surface area contributed by atoms with E-state index in [1.807, 2.05) is 24.7 Å². The van der Waals surface area contributed by atoms with Gasteiger partial charge in [-0.05, 0) is 6.92 Å². The monoisotopic (exact) mass is 311 g/mol. The summed E-state index contributed by atoms with van der Waals surface area (Å²) in [5.41, 5.74) is 0.880. The summed E-state index contributed by atoms with van der Waals surface area (Å²) in [5, 5.41) is 6.23. The molecule has 9 heteroatoms. The van der Waals surface area contributed by atoms with E-state index in [9.17, 15) is 8.42 Å². The topological polar surface area (TPSA) is 93.1 Å². The van der Waals surface area contributed by atoms with Crippen LogP contribution < -0.4 is 0 Å². The number of rotatable bonds is 3. The fourth-order valence-corrected chi connectivity index (χ4v) is 3.80. The van der Waals surface area contributed by atoms with Crippen LogP contribution >= 0.6 is 0 Å². The van der Waals surface area contributed by atoms with Gasteiger partial charge in [0.15, 0.2) is 0 Å². The van der Waals surface area contributed by atoms with Crippen LogP contribution in [0.1, 0.15) is 17.6 Å². The van der Waals surface area contributed by atoms with Gasteiger partial charge in [0.1, 0.15) is 16.8 Å². The van der Waals surface area contributed by atoms with Crippen molar-refractivity contribution in [3.63, 3.8) is 0 Å². The summed E-state index contributed by atoms with van der Waals surface area (Å²) >= 11 is 0. The minimum atomic E-state index is -3.54. The van der Waals surface area contributed by atoms with E-state index in [1.165, 1.54) is 16.7 Å². The Bertz CT molecular complexity index is 722. The number of hydrogen-bond donors (Lipinski definition) is 1. The summed E-state index contributed by atoms with van der Waals surface area (Å²) < 4.78 is 34.0. The average Bonchev–Trinajstić information content (AvgIpc) is 3.09. The Morgan fingerprint density at radius 1 is 1.48 bits per heavy atom. The molecule has 3 rings (SSSR count). The van der Waals surface area contributed by atoms with Gasteiger partial charge in [-0.3, -0.25) is 5.10 Å². The zero-order chi connectivity index (χ0) is 15.0. The molecule has 0 aromatic carbocycles. The Balaban J connectivity index is 1.85. The van der Waals surface area contributed by atoms with E-state index >= 15 is 0 Å². The second-order valence-corrected chi connectivity index (χ2v) is 6.95. The summed E-state index contributed by atoms with van der Waals surface area (Å²) in [5.74, 6) is 0.736. The Kier molecular flexibility index (Phi) is 3.56. The second kappa shape index (κ2) is 5.24. The van der Waals surface area contributed by atoms with Crippen LogP contribution in [0, 0.1) is 6.92 Å². The number of aryl methyl sites for hydroxylation is 2. The molecule has 1 atom stereocenters. The van der Waals surface area contributed by atoms with Crippen molar-refractivity contribution in [2.45, 2.75) is 17.9 Å². The van der Waals surface area contributed by atoms with Gasteiger partial charge in [-0.1, -0.05) is 0 Å². The lowest BCUT2D eigenvalue weighted by Gasteiger charge is -2.31. The van der Waals surface area contributed by atoms with Crippen molar-refractivity contribution < 1.29 is 13.2 Å². The van der Waals surface area contributed by atoms with Gasteiger partial charge in [0.05, 0.1) is 18.5 Å². The van der Waals surface area contributed by atoms with Gasteiger partial charge in [-0.25, -0.2) is 13.4 Å². The molecule has 0 saturated carbocycles. The molecule has 0 unspecified atom stereocenters. The lowest BCUT2D eigenvalue weighted by atomic mass is 10.3. The van der Waals surface area contributed by atoms with Gasteiger partial charge in [0.25, 0.3) is 0 Å². The standard InChI is InChI=1S/C12H17N5O3S/c1-9-7-16(2)12(15-9)11-8-17(3-4-20-11)21(18,19)10-5-13-14-6-10/h5-7,11H,3-4,8H2,1-2H3,(H,13,14)/t11-/m1/s1. The molecular formula is C12H17N5O3S. The molecule has 3 heterocycles. The van der Waals surface area contributed by atoms with Crippen LogP contribution in [-0.2, 0) is 21.8 Å². The van der Waals surface area contributed by atoms with Crippen molar-refractivity contribution in [1.29, 1.82) is 0 Å². The fraction of sp³-hybridized carbons (Fsp3) is 0.500. The zero-order valence-corrected chi connectivity index (χ0v) is 12.7. The molecule has 8 nitrogen and oxygen atoms in total. The fourth-order valence-electron chi connectivity index (χ4n) is 2.46. The highest BCUT2D eigenvalue weighted by molar-refractivity contribution is 7.89. The van der Waals surface area contributed by atoms with Crippen molar-refractivity contribution in [3.05, 3.63) is 30.1 Å². The molecule has 114 valence electrons. The average molecular weight is 311 g/mol. The second-order valence-electron chi connectivity index (χ2n) is 5.01. The molecular weight excluding hydrogens is 294 g/mol. The summed E-state index contributed by atoms with van der Waals surface area (Å²) in [4.78, 5) is 4.58. The molecule has 0 amide bonds. The number of morpholine rings is 1. The quantitative estimate of drug-likeness (QED) is 0.875. The van der Waals surface area contributed by atoms with Crippen LogP contribution in [0.5, 0.6) is 0 Å². The minimum Gasteiger partial charge on any atom is -0.368 e. The summed E-state index contributed by atoms with van der Waals surface area (Å²) in [7, 11) is -1.67. The number of nitrogens with zero attached hydrogens (tertiary/aromatic N) is 4. The molecule has 1 fully saturated rings. The van der Waals surface area contributed by atoms with E-state index in [1.54, 1.807) is 0 Å². The molecule has 1 aliphatic heterocycles. The van der Waals surface area contributed by atoms with Crippen molar-refractivity contribution in [1.82, 2.24) is 24.1 Å². The van der Waals surface area contributed by atoms with Gasteiger partial charge >= 0.3 is 0 Å². The first-order chi connectivity index (χ1) is 9.98. The van der Waals surface area contributed by atoms with Crippen LogP contribution in [0.3, 0.4) is 0 Å². The minimum absolute atomic E-state index is 0.166. The number of aromatic nitrogens is 4. The Morgan fingerprint density at radius 2 is 2.29 bits per heavy atom. The zero-order valence-electron chi connectivity index (χ0n) is 11.9. The van der Waals surface area contributed by atoms with E-state index < -0.39 is 10.0 Å². The third-order valence-electron chi connectivity index (χ3n) is 3.46. The van der Waals surface area contributed by atoms with Gasteiger partial charge in [0.2, 0.25) is 10.0 Å². The number of nitrogens with one attached hydrogen (secondary N) is 1. The first kappa shape index (κ1) is 14.2. The van der Waals surface area contributed by atoms with Crippen molar-refractivity contribution >= 4 is 10.0 Å². The number of sulfonamides is 1. The highest BCUT2D eigenvalue weighted by Crippen LogP contribution is 2.25. The smallest absolute Gasteiger partial charge is 0.246 e. The lowest BCUT2D eigenvalue weighted by Crippen LogP contribution is -2.42. The molecule has 0 bridgehead atoms. The summed E-state index contributed by atoms with van der Waals surface area (Å²) in [6.45, 7) is 2.81. The highest BCUT2D eigenvalue weighted by atomic mass is 32.2. The predicted molar refractivity (Wildman–Crippen MR) is 74.0 cm³/mol. The summed E-state index contributed by atoms with van der Waals surface area (Å²) in [6, 6.07) is 0. The van der Waals surface area contributed by atoms with E-state index in [0.717, 1.165) is 11.5 Å². The van der Waals surface area contributed by atoms with E-state index in [0.29, 0.717) is 13.2 Å². The van der Waals surface area contributed by atoms with Crippen molar-refractivity contribution in [2.75, 3.05) is 19.7 Å². The van der Waals surface area contributed by atoms with Gasteiger partial charge < -0.3 is 9.30 Å². The molecule has 1 aliphatic rings. The van der Waals surface area contributed by atoms with Gasteiger partial charge in [-0.2, -0.15) is 9.40 Å². The number of H-pyrrole nitrogens is 1. The molecule has 1 saturated heterocycles. The largest absolute Gasteiger partial charge is 0.368 e. The normalized spacial score (nSPS) is 20.8. The molecule has 0 radical (unpaired) electrons. The molecule has 21 heavy (non-hydrogen) atoms. The van der Waals surface area contributed by atoms with Crippen molar-refractivity contribution in [3.8, 4) is 0 Å². The molecule has 0 spiro atoms.